The van der Waals surface area contributed by atoms with Crippen molar-refractivity contribution < 1.29 is 14.2 Å². The highest BCUT2D eigenvalue weighted by molar-refractivity contribution is 5.56. The van der Waals surface area contributed by atoms with E-state index in [9.17, 15) is 0 Å². The molecule has 3 nitrogen and oxygen atoms in total. The van der Waals surface area contributed by atoms with E-state index in [4.69, 9.17) is 20.6 Å². The summed E-state index contributed by atoms with van der Waals surface area (Å²) >= 11 is 0. The molecule has 0 aliphatic heterocycles. The Morgan fingerprint density at radius 2 is 1.43 bits per heavy atom. The molecule has 14 heavy (non-hydrogen) atoms. The summed E-state index contributed by atoms with van der Waals surface area (Å²) in [4.78, 5) is 0. The van der Waals surface area contributed by atoms with E-state index in [2.05, 4.69) is 5.92 Å². The number of benzene rings is 1. The average molecular weight is 192 g/mol. The van der Waals surface area contributed by atoms with E-state index in [0.29, 0.717) is 22.8 Å². The van der Waals surface area contributed by atoms with E-state index in [0.717, 1.165) is 0 Å². The predicted octanol–water partition coefficient (Wildman–Crippen LogP) is 1.69. The summed E-state index contributed by atoms with van der Waals surface area (Å²) in [6.07, 6.45) is 5.31. The van der Waals surface area contributed by atoms with E-state index in [1.807, 2.05) is 0 Å². The average Bonchev–Trinajstić information content (AvgIpc) is 2.26. The first kappa shape index (κ1) is 10.3. The molecule has 0 fully saturated rings. The quantitative estimate of drug-likeness (QED) is 0.682. The fourth-order valence-corrected chi connectivity index (χ4v) is 1.14. The molecular weight excluding hydrogens is 180 g/mol. The smallest absolute Gasteiger partial charge is 0.164 e. The molecule has 0 aliphatic carbocycles. The first-order valence-corrected chi connectivity index (χ1v) is 4.03. The van der Waals surface area contributed by atoms with Crippen LogP contribution in [0.25, 0.3) is 0 Å². The number of ether oxygens (including phenoxy) is 3. The normalized spacial score (nSPS) is 9.00. The van der Waals surface area contributed by atoms with Crippen molar-refractivity contribution in [3.8, 4) is 29.6 Å². The zero-order valence-corrected chi connectivity index (χ0v) is 8.46. The molecule has 1 aromatic carbocycles. The maximum absolute atomic E-state index is 5.31. The maximum atomic E-state index is 5.31. The predicted molar refractivity (Wildman–Crippen MR) is 54.0 cm³/mol. The Balaban J connectivity index is 3.30. The van der Waals surface area contributed by atoms with Crippen molar-refractivity contribution in [3.05, 3.63) is 17.7 Å². The number of terminal acetylenes is 1. The van der Waals surface area contributed by atoms with Crippen molar-refractivity contribution >= 4 is 0 Å². The summed E-state index contributed by atoms with van der Waals surface area (Å²) in [6.45, 7) is 0. The van der Waals surface area contributed by atoms with Crippen LogP contribution in [0.15, 0.2) is 12.1 Å². The van der Waals surface area contributed by atoms with Crippen molar-refractivity contribution in [3.63, 3.8) is 0 Å². The van der Waals surface area contributed by atoms with Gasteiger partial charge in [-0.25, -0.2) is 0 Å². The molecule has 0 atom stereocenters. The second-order valence-corrected chi connectivity index (χ2v) is 2.55. The molecule has 3 heteroatoms. The summed E-state index contributed by atoms with van der Waals surface area (Å²) < 4.78 is 15.3. The molecule has 0 aliphatic rings. The van der Waals surface area contributed by atoms with Gasteiger partial charge < -0.3 is 14.2 Å². The van der Waals surface area contributed by atoms with Crippen molar-refractivity contribution in [2.45, 2.75) is 0 Å². The monoisotopic (exact) mass is 192 g/mol. The lowest BCUT2D eigenvalue weighted by molar-refractivity contribution is 0.348. The molecule has 0 amide bonds. The van der Waals surface area contributed by atoms with Crippen molar-refractivity contribution in [2.24, 2.45) is 0 Å². The second-order valence-electron chi connectivity index (χ2n) is 2.55. The van der Waals surface area contributed by atoms with Crippen LogP contribution in [0.1, 0.15) is 5.56 Å². The lowest BCUT2D eigenvalue weighted by Crippen LogP contribution is -1.94. The van der Waals surface area contributed by atoms with Gasteiger partial charge in [-0.15, -0.1) is 6.42 Å². The summed E-state index contributed by atoms with van der Waals surface area (Å²) in [7, 11) is 4.68. The zero-order valence-electron chi connectivity index (χ0n) is 8.46. The van der Waals surface area contributed by atoms with Crippen molar-refractivity contribution in [1.82, 2.24) is 0 Å². The molecule has 0 bridgehead atoms. The molecule has 74 valence electrons. The molecule has 0 spiro atoms. The van der Waals surface area contributed by atoms with E-state index in [1.165, 1.54) is 0 Å². The molecule has 1 aromatic rings. The van der Waals surface area contributed by atoms with Gasteiger partial charge in [-0.05, 0) is 0 Å². The van der Waals surface area contributed by atoms with Crippen LogP contribution in [0, 0.1) is 12.3 Å². The molecular formula is C11H12O3. The molecule has 0 radical (unpaired) electrons. The summed E-state index contributed by atoms with van der Waals surface area (Å²) in [6, 6.07) is 3.41. The van der Waals surface area contributed by atoms with Crippen LogP contribution in [-0.2, 0) is 0 Å². The fraction of sp³-hybridized carbons (Fsp3) is 0.273. The first-order chi connectivity index (χ1) is 6.76. The number of hydrogen-bond acceptors (Lipinski definition) is 3. The van der Waals surface area contributed by atoms with E-state index >= 15 is 0 Å². The Morgan fingerprint density at radius 1 is 0.929 bits per heavy atom. The largest absolute Gasteiger partial charge is 0.495 e. The minimum Gasteiger partial charge on any atom is -0.495 e. The highest BCUT2D eigenvalue weighted by Gasteiger charge is 2.09. The SMILES string of the molecule is C#Cc1cc(OC)c(OC)cc1OC. The Bertz CT molecular complexity index is 364. The van der Waals surface area contributed by atoms with Gasteiger partial charge in [-0.1, -0.05) is 5.92 Å². The molecule has 0 saturated heterocycles. The Kier molecular flexibility index (Phi) is 3.24. The van der Waals surface area contributed by atoms with Gasteiger partial charge in [0, 0.05) is 12.1 Å². The van der Waals surface area contributed by atoms with Crippen LogP contribution < -0.4 is 14.2 Å². The molecule has 0 heterocycles. The summed E-state index contributed by atoms with van der Waals surface area (Å²) in [5.41, 5.74) is 0.644. The lowest BCUT2D eigenvalue weighted by Gasteiger charge is -2.10. The third-order valence-corrected chi connectivity index (χ3v) is 1.86. The highest BCUT2D eigenvalue weighted by Crippen LogP contribution is 2.33. The van der Waals surface area contributed by atoms with Gasteiger partial charge in [-0.2, -0.15) is 0 Å². The van der Waals surface area contributed by atoms with Crippen molar-refractivity contribution in [1.29, 1.82) is 0 Å². The molecule has 1 rings (SSSR count). The van der Waals surface area contributed by atoms with Crippen LogP contribution in [0.2, 0.25) is 0 Å². The maximum Gasteiger partial charge on any atom is 0.164 e. The topological polar surface area (TPSA) is 27.7 Å². The van der Waals surface area contributed by atoms with Gasteiger partial charge in [0.1, 0.15) is 5.75 Å². The standard InChI is InChI=1S/C11H12O3/c1-5-8-6-10(13-3)11(14-4)7-9(8)12-2/h1,6-7H,2-4H3. The molecule has 0 N–H and O–H groups in total. The minimum atomic E-state index is 0.598. The van der Waals surface area contributed by atoms with E-state index < -0.39 is 0 Å². The molecule has 0 saturated carbocycles. The lowest BCUT2D eigenvalue weighted by atomic mass is 10.2. The van der Waals surface area contributed by atoms with Crippen LogP contribution in [-0.4, -0.2) is 21.3 Å². The van der Waals surface area contributed by atoms with E-state index in [1.54, 1.807) is 33.5 Å². The number of hydrogen-bond donors (Lipinski definition) is 0. The van der Waals surface area contributed by atoms with Gasteiger partial charge in [0.25, 0.3) is 0 Å². The third-order valence-electron chi connectivity index (χ3n) is 1.86. The van der Waals surface area contributed by atoms with Crippen LogP contribution in [0.5, 0.6) is 17.2 Å². The van der Waals surface area contributed by atoms with Crippen molar-refractivity contribution in [2.75, 3.05) is 21.3 Å². The molecule has 0 aromatic heterocycles. The van der Waals surface area contributed by atoms with Gasteiger partial charge >= 0.3 is 0 Å². The third kappa shape index (κ3) is 1.74. The van der Waals surface area contributed by atoms with Gasteiger partial charge in [0.15, 0.2) is 11.5 Å². The van der Waals surface area contributed by atoms with Crippen LogP contribution >= 0.6 is 0 Å². The zero-order chi connectivity index (χ0) is 10.6. The van der Waals surface area contributed by atoms with E-state index in [-0.39, 0.29) is 0 Å². The number of methoxy groups -OCH3 is 3. The molecule has 0 unspecified atom stereocenters. The Labute approximate surface area is 83.6 Å². The highest BCUT2D eigenvalue weighted by atomic mass is 16.5. The Morgan fingerprint density at radius 3 is 1.86 bits per heavy atom. The second kappa shape index (κ2) is 4.43. The van der Waals surface area contributed by atoms with Gasteiger partial charge in [0.05, 0.1) is 26.9 Å². The summed E-state index contributed by atoms with van der Waals surface area (Å²) in [5, 5.41) is 0. The van der Waals surface area contributed by atoms with Gasteiger partial charge in [0.2, 0.25) is 0 Å². The first-order valence-electron chi connectivity index (χ1n) is 4.03. The fourth-order valence-electron chi connectivity index (χ4n) is 1.14. The Hall–Kier alpha value is -1.82. The number of rotatable bonds is 3. The summed E-state index contributed by atoms with van der Waals surface area (Å²) in [5.74, 6) is 4.31. The van der Waals surface area contributed by atoms with Gasteiger partial charge in [-0.3, -0.25) is 0 Å². The minimum absolute atomic E-state index is 0.598. The van der Waals surface area contributed by atoms with Crippen LogP contribution in [0.3, 0.4) is 0 Å². The van der Waals surface area contributed by atoms with Crippen LogP contribution in [0.4, 0.5) is 0 Å².